The van der Waals surface area contributed by atoms with E-state index in [1.165, 1.54) is 16.3 Å². The number of anilines is 1. The van der Waals surface area contributed by atoms with Crippen molar-refractivity contribution in [2.45, 2.75) is 22.5 Å². The van der Waals surface area contributed by atoms with Gasteiger partial charge in [-0.25, -0.2) is 0 Å². The fraction of sp³-hybridized carbons (Fsp3) is 0.219. The van der Waals surface area contributed by atoms with Crippen molar-refractivity contribution in [1.82, 2.24) is 0 Å². The molecule has 1 aliphatic carbocycles. The summed E-state index contributed by atoms with van der Waals surface area (Å²) in [6, 6.07) is 27.0. The summed E-state index contributed by atoms with van der Waals surface area (Å²) in [5, 5.41) is 5.96. The molecule has 0 aromatic heterocycles. The van der Waals surface area contributed by atoms with E-state index in [0.29, 0.717) is 23.7 Å². The predicted molar refractivity (Wildman–Crippen MR) is 153 cm³/mol. The lowest BCUT2D eigenvalue weighted by Crippen LogP contribution is -2.30. The maximum atomic E-state index is 14.1. The van der Waals surface area contributed by atoms with E-state index in [0.717, 1.165) is 21.8 Å². The molecule has 38 heavy (non-hydrogen) atoms. The van der Waals surface area contributed by atoms with Crippen LogP contribution in [0.15, 0.2) is 95.5 Å². The number of allylic oxidation sites excluding steroid dienone is 2. The minimum Gasteiger partial charge on any atom is -0.493 e. The molecule has 6 rings (SSSR count). The second kappa shape index (κ2) is 10.1. The number of hydrogen-bond acceptors (Lipinski definition) is 6. The SMILES string of the molecule is COc1cc([C@H]2C=C3Nc4ccccc4S[C@H](c4cccc5ccccc45)[C@@H]3C(=O)C2)cc(OC)c1OC. The number of nitrogens with one attached hydrogen (secondary N) is 1. The van der Waals surface area contributed by atoms with Crippen LogP contribution in [0, 0.1) is 5.92 Å². The number of benzene rings is 4. The summed E-state index contributed by atoms with van der Waals surface area (Å²) in [7, 11) is 4.81. The fourth-order valence-electron chi connectivity index (χ4n) is 5.65. The Kier molecular flexibility index (Phi) is 6.50. The second-order valence-electron chi connectivity index (χ2n) is 9.56. The van der Waals surface area contributed by atoms with Crippen LogP contribution in [0.2, 0.25) is 0 Å². The highest BCUT2D eigenvalue weighted by Gasteiger charge is 2.41. The molecule has 1 aliphatic heterocycles. The lowest BCUT2D eigenvalue weighted by Gasteiger charge is -2.32. The topological polar surface area (TPSA) is 56.8 Å². The van der Waals surface area contributed by atoms with E-state index in [-0.39, 0.29) is 22.9 Å². The lowest BCUT2D eigenvalue weighted by molar-refractivity contribution is -0.122. The Balaban J connectivity index is 1.50. The molecule has 6 heteroatoms. The number of ketones is 1. The van der Waals surface area contributed by atoms with E-state index in [1.807, 2.05) is 18.2 Å². The fourth-order valence-corrected chi connectivity index (χ4v) is 7.10. The summed E-state index contributed by atoms with van der Waals surface area (Å²) in [4.78, 5) is 15.2. The van der Waals surface area contributed by atoms with E-state index in [4.69, 9.17) is 14.2 Å². The number of Topliss-reactive ketones (excluding diaryl/α,β-unsaturated/α-hetero) is 1. The van der Waals surface area contributed by atoms with Gasteiger partial charge < -0.3 is 19.5 Å². The van der Waals surface area contributed by atoms with Gasteiger partial charge in [-0.1, -0.05) is 60.7 Å². The number of methoxy groups -OCH3 is 3. The van der Waals surface area contributed by atoms with Gasteiger partial charge in [0.1, 0.15) is 5.78 Å². The summed E-state index contributed by atoms with van der Waals surface area (Å²) in [5.41, 5.74) is 4.10. The van der Waals surface area contributed by atoms with Crippen LogP contribution >= 0.6 is 11.8 Å². The zero-order chi connectivity index (χ0) is 26.2. The third kappa shape index (κ3) is 4.19. The molecule has 192 valence electrons. The molecule has 2 aliphatic rings. The minimum absolute atomic E-state index is 0.0584. The van der Waals surface area contributed by atoms with E-state index >= 15 is 0 Å². The number of ether oxygens (including phenoxy) is 3. The molecule has 0 fully saturated rings. The summed E-state index contributed by atoms with van der Waals surface area (Å²) < 4.78 is 16.7. The average Bonchev–Trinajstić information content (AvgIpc) is 3.13. The van der Waals surface area contributed by atoms with Crippen LogP contribution in [0.5, 0.6) is 17.2 Å². The maximum absolute atomic E-state index is 14.1. The van der Waals surface area contributed by atoms with Crippen molar-refractivity contribution in [3.8, 4) is 17.2 Å². The minimum atomic E-state index is -0.295. The molecule has 4 aromatic rings. The molecule has 0 bridgehead atoms. The highest BCUT2D eigenvalue weighted by molar-refractivity contribution is 7.99. The first-order valence-corrected chi connectivity index (χ1v) is 13.5. The quantitative estimate of drug-likeness (QED) is 0.295. The molecule has 0 saturated heterocycles. The molecule has 1 N–H and O–H groups in total. The first-order valence-electron chi connectivity index (χ1n) is 12.7. The van der Waals surface area contributed by atoms with Gasteiger partial charge in [0.2, 0.25) is 5.75 Å². The number of para-hydroxylation sites is 1. The van der Waals surface area contributed by atoms with Gasteiger partial charge in [-0.2, -0.15) is 0 Å². The number of hydrogen-bond donors (Lipinski definition) is 1. The van der Waals surface area contributed by atoms with Gasteiger partial charge >= 0.3 is 0 Å². The van der Waals surface area contributed by atoms with Crippen LogP contribution in [0.1, 0.15) is 28.7 Å². The summed E-state index contributed by atoms with van der Waals surface area (Å²) in [6.07, 6.45) is 2.61. The van der Waals surface area contributed by atoms with E-state index in [1.54, 1.807) is 33.1 Å². The zero-order valence-electron chi connectivity index (χ0n) is 21.6. The van der Waals surface area contributed by atoms with E-state index < -0.39 is 0 Å². The molecule has 0 saturated carbocycles. The monoisotopic (exact) mass is 523 g/mol. The van der Waals surface area contributed by atoms with Gasteiger partial charge in [0.15, 0.2) is 11.5 Å². The second-order valence-corrected chi connectivity index (χ2v) is 10.7. The number of thioether (sulfide) groups is 1. The number of rotatable bonds is 5. The van der Waals surface area contributed by atoms with Gasteiger partial charge in [0, 0.05) is 22.9 Å². The van der Waals surface area contributed by atoms with Gasteiger partial charge in [0.05, 0.1) is 38.2 Å². The van der Waals surface area contributed by atoms with Crippen molar-refractivity contribution in [1.29, 1.82) is 0 Å². The third-order valence-corrected chi connectivity index (χ3v) is 8.84. The molecule has 0 spiro atoms. The molecule has 0 amide bonds. The molecular formula is C32H29NO4S. The molecule has 0 radical (unpaired) electrons. The van der Waals surface area contributed by atoms with Gasteiger partial charge in [-0.05, 0) is 46.2 Å². The Morgan fingerprint density at radius 3 is 2.32 bits per heavy atom. The first-order chi connectivity index (χ1) is 18.6. The molecule has 3 atom stereocenters. The van der Waals surface area contributed by atoms with E-state index in [9.17, 15) is 4.79 Å². The first kappa shape index (κ1) is 24.4. The third-order valence-electron chi connectivity index (χ3n) is 7.45. The largest absolute Gasteiger partial charge is 0.493 e. The summed E-state index contributed by atoms with van der Waals surface area (Å²) in [5.74, 6) is 1.50. The van der Waals surface area contributed by atoms with Crippen molar-refractivity contribution < 1.29 is 19.0 Å². The number of fused-ring (bicyclic) bond motifs is 3. The van der Waals surface area contributed by atoms with Crippen molar-refractivity contribution >= 4 is 34.0 Å². The average molecular weight is 524 g/mol. The molecule has 5 nitrogen and oxygen atoms in total. The highest BCUT2D eigenvalue weighted by atomic mass is 32.2. The standard InChI is InChI=1S/C32H29NO4S/c1-35-27-17-21(18-28(36-2)31(27)37-3)20-15-25-30(26(34)16-20)32(38-29-14-7-6-13-24(29)33-25)23-12-8-10-19-9-4-5-11-22(19)23/h4-15,17-18,20,30,32-33H,16H2,1-3H3/t20-,30-,32+/m0/s1. The molecular weight excluding hydrogens is 494 g/mol. The smallest absolute Gasteiger partial charge is 0.203 e. The summed E-state index contributed by atoms with van der Waals surface area (Å²) in [6.45, 7) is 0. The van der Waals surface area contributed by atoms with Gasteiger partial charge in [0.25, 0.3) is 0 Å². The van der Waals surface area contributed by atoms with Gasteiger partial charge in [-0.15, -0.1) is 11.8 Å². The Morgan fingerprint density at radius 2 is 1.55 bits per heavy atom. The highest BCUT2D eigenvalue weighted by Crippen LogP contribution is 2.53. The van der Waals surface area contributed by atoms with E-state index in [2.05, 4.69) is 72.1 Å². The predicted octanol–water partition coefficient (Wildman–Crippen LogP) is 7.38. The number of carbonyl (C=O) groups excluding carboxylic acids is 1. The van der Waals surface area contributed by atoms with Crippen molar-refractivity contribution in [3.05, 3.63) is 102 Å². The van der Waals surface area contributed by atoms with Crippen LogP contribution in [0.25, 0.3) is 10.8 Å². The van der Waals surface area contributed by atoms with Crippen LogP contribution in [-0.2, 0) is 4.79 Å². The van der Waals surface area contributed by atoms with Crippen LogP contribution in [-0.4, -0.2) is 27.1 Å². The number of carbonyl (C=O) groups is 1. The van der Waals surface area contributed by atoms with Crippen molar-refractivity contribution in [3.63, 3.8) is 0 Å². The van der Waals surface area contributed by atoms with Crippen molar-refractivity contribution in [2.75, 3.05) is 26.6 Å². The Bertz CT molecular complexity index is 1530. The van der Waals surface area contributed by atoms with Crippen LogP contribution in [0.4, 0.5) is 5.69 Å². The van der Waals surface area contributed by atoms with Gasteiger partial charge in [-0.3, -0.25) is 4.79 Å². The van der Waals surface area contributed by atoms with Crippen molar-refractivity contribution in [2.24, 2.45) is 5.92 Å². The lowest BCUT2D eigenvalue weighted by atomic mass is 9.77. The molecule has 0 unspecified atom stereocenters. The Hall–Kier alpha value is -3.90. The van der Waals surface area contributed by atoms with Crippen LogP contribution in [0.3, 0.4) is 0 Å². The normalized spacial score (nSPS) is 20.4. The Labute approximate surface area is 226 Å². The zero-order valence-corrected chi connectivity index (χ0v) is 22.4. The molecule has 4 aromatic carbocycles. The van der Waals surface area contributed by atoms with Crippen LogP contribution < -0.4 is 19.5 Å². The Morgan fingerprint density at radius 1 is 0.842 bits per heavy atom. The maximum Gasteiger partial charge on any atom is 0.203 e. The molecule has 1 heterocycles. The summed E-state index contributed by atoms with van der Waals surface area (Å²) >= 11 is 1.77.